The number of hydrogen-bond acceptors (Lipinski definition) is 3. The Kier molecular flexibility index (Phi) is 5.15. The highest BCUT2D eigenvalue weighted by atomic mass is 16.5. The van der Waals surface area contributed by atoms with Crippen LogP contribution in [-0.2, 0) is 6.42 Å². The standard InChI is InChI=1S/C16H19N3O2/c1-12-6-5-9-15(18-12)19-16(20)17-11-10-13-7-3-4-8-14(13)21-2/h3-9H,10-11H2,1-2H3,(H2,17,18,19,20). The minimum Gasteiger partial charge on any atom is -0.496 e. The van der Waals surface area contributed by atoms with Crippen molar-refractivity contribution in [1.29, 1.82) is 0 Å². The Morgan fingerprint density at radius 1 is 1.19 bits per heavy atom. The van der Waals surface area contributed by atoms with Gasteiger partial charge < -0.3 is 10.1 Å². The Bertz CT molecular complexity index is 614. The summed E-state index contributed by atoms with van der Waals surface area (Å²) in [6, 6.07) is 13.0. The molecule has 2 amide bonds. The number of hydrogen-bond donors (Lipinski definition) is 2. The molecule has 0 saturated carbocycles. The van der Waals surface area contributed by atoms with Gasteiger partial charge in [0.15, 0.2) is 0 Å². The first kappa shape index (κ1) is 14.8. The summed E-state index contributed by atoms with van der Waals surface area (Å²) in [6.45, 7) is 2.41. The van der Waals surface area contributed by atoms with Gasteiger partial charge in [-0.05, 0) is 37.1 Å². The first-order valence-corrected chi connectivity index (χ1v) is 6.79. The van der Waals surface area contributed by atoms with E-state index in [-0.39, 0.29) is 6.03 Å². The maximum Gasteiger partial charge on any atom is 0.320 e. The number of ether oxygens (including phenoxy) is 1. The number of anilines is 1. The van der Waals surface area contributed by atoms with Gasteiger partial charge in [0, 0.05) is 12.2 Å². The topological polar surface area (TPSA) is 63.2 Å². The minimum atomic E-state index is -0.261. The Labute approximate surface area is 124 Å². The molecule has 5 nitrogen and oxygen atoms in total. The van der Waals surface area contributed by atoms with Gasteiger partial charge in [0.05, 0.1) is 7.11 Å². The van der Waals surface area contributed by atoms with Crippen molar-refractivity contribution in [3.05, 3.63) is 53.7 Å². The van der Waals surface area contributed by atoms with Crippen LogP contribution in [0.15, 0.2) is 42.5 Å². The molecular weight excluding hydrogens is 266 g/mol. The molecule has 0 unspecified atom stereocenters. The van der Waals surface area contributed by atoms with Gasteiger partial charge in [0.25, 0.3) is 0 Å². The molecule has 0 saturated heterocycles. The molecule has 1 aromatic heterocycles. The van der Waals surface area contributed by atoms with Gasteiger partial charge in [-0.15, -0.1) is 0 Å². The number of aryl methyl sites for hydroxylation is 1. The summed E-state index contributed by atoms with van der Waals surface area (Å²) >= 11 is 0. The summed E-state index contributed by atoms with van der Waals surface area (Å²) in [6.07, 6.45) is 0.707. The molecule has 0 bridgehead atoms. The van der Waals surface area contributed by atoms with Crippen LogP contribution in [0.5, 0.6) is 5.75 Å². The molecule has 1 heterocycles. The number of nitrogens with one attached hydrogen (secondary N) is 2. The lowest BCUT2D eigenvalue weighted by Crippen LogP contribution is -2.30. The Morgan fingerprint density at radius 2 is 2.00 bits per heavy atom. The van der Waals surface area contributed by atoms with Crippen molar-refractivity contribution in [3.63, 3.8) is 0 Å². The fourth-order valence-corrected chi connectivity index (χ4v) is 1.99. The van der Waals surface area contributed by atoms with E-state index >= 15 is 0 Å². The summed E-state index contributed by atoms with van der Waals surface area (Å²) in [7, 11) is 1.64. The summed E-state index contributed by atoms with van der Waals surface area (Å²) < 4.78 is 5.27. The van der Waals surface area contributed by atoms with Crippen LogP contribution >= 0.6 is 0 Å². The zero-order valence-electron chi connectivity index (χ0n) is 12.2. The Hall–Kier alpha value is -2.56. The molecule has 0 aliphatic carbocycles. The van der Waals surface area contributed by atoms with Crippen LogP contribution in [-0.4, -0.2) is 24.7 Å². The van der Waals surface area contributed by atoms with Gasteiger partial charge in [0.2, 0.25) is 0 Å². The first-order valence-electron chi connectivity index (χ1n) is 6.79. The molecule has 0 radical (unpaired) electrons. The van der Waals surface area contributed by atoms with E-state index in [1.54, 1.807) is 13.2 Å². The molecule has 110 valence electrons. The van der Waals surface area contributed by atoms with E-state index in [4.69, 9.17) is 4.74 Å². The van der Waals surface area contributed by atoms with Gasteiger partial charge >= 0.3 is 6.03 Å². The van der Waals surface area contributed by atoms with Crippen LogP contribution in [0, 0.1) is 6.92 Å². The highest BCUT2D eigenvalue weighted by Crippen LogP contribution is 2.17. The number of carbonyl (C=O) groups excluding carboxylic acids is 1. The van der Waals surface area contributed by atoms with Crippen LogP contribution in [0.4, 0.5) is 10.6 Å². The smallest absolute Gasteiger partial charge is 0.320 e. The second kappa shape index (κ2) is 7.28. The average molecular weight is 285 g/mol. The number of pyridine rings is 1. The predicted molar refractivity (Wildman–Crippen MR) is 82.7 cm³/mol. The SMILES string of the molecule is COc1ccccc1CCNC(=O)Nc1cccc(C)n1. The number of carbonyl (C=O) groups is 1. The Balaban J connectivity index is 1.82. The van der Waals surface area contributed by atoms with Crippen molar-refractivity contribution in [2.45, 2.75) is 13.3 Å². The maximum atomic E-state index is 11.8. The monoisotopic (exact) mass is 285 g/mol. The molecule has 5 heteroatoms. The van der Waals surface area contributed by atoms with Crippen LogP contribution < -0.4 is 15.4 Å². The van der Waals surface area contributed by atoms with Gasteiger partial charge in [-0.2, -0.15) is 0 Å². The lowest BCUT2D eigenvalue weighted by molar-refractivity contribution is 0.252. The zero-order valence-corrected chi connectivity index (χ0v) is 12.2. The number of benzene rings is 1. The van der Waals surface area contributed by atoms with E-state index in [9.17, 15) is 4.79 Å². The summed E-state index contributed by atoms with van der Waals surface area (Å²) in [5, 5.41) is 5.51. The minimum absolute atomic E-state index is 0.261. The molecule has 2 aromatic rings. The second-order valence-corrected chi connectivity index (χ2v) is 4.61. The van der Waals surface area contributed by atoms with Gasteiger partial charge in [-0.1, -0.05) is 24.3 Å². The number of aromatic nitrogens is 1. The third-order valence-corrected chi connectivity index (χ3v) is 3.00. The quantitative estimate of drug-likeness (QED) is 0.888. The zero-order chi connectivity index (χ0) is 15.1. The van der Waals surface area contributed by atoms with Crippen molar-refractivity contribution in [1.82, 2.24) is 10.3 Å². The van der Waals surface area contributed by atoms with E-state index in [0.29, 0.717) is 18.8 Å². The number of urea groups is 1. The number of rotatable bonds is 5. The molecular formula is C16H19N3O2. The van der Waals surface area contributed by atoms with Gasteiger partial charge in [-0.25, -0.2) is 9.78 Å². The molecule has 2 N–H and O–H groups in total. The molecule has 0 aliphatic heterocycles. The number of amides is 2. The highest BCUT2D eigenvalue weighted by Gasteiger charge is 2.04. The fourth-order valence-electron chi connectivity index (χ4n) is 1.99. The Morgan fingerprint density at radius 3 is 2.76 bits per heavy atom. The summed E-state index contributed by atoms with van der Waals surface area (Å²) in [4.78, 5) is 16.0. The third kappa shape index (κ3) is 4.49. The van der Waals surface area contributed by atoms with E-state index in [1.165, 1.54) is 0 Å². The van der Waals surface area contributed by atoms with Crippen molar-refractivity contribution in [3.8, 4) is 5.75 Å². The van der Waals surface area contributed by atoms with Gasteiger partial charge in [-0.3, -0.25) is 5.32 Å². The second-order valence-electron chi connectivity index (χ2n) is 4.61. The van der Waals surface area contributed by atoms with Crippen molar-refractivity contribution >= 4 is 11.8 Å². The van der Waals surface area contributed by atoms with E-state index in [1.807, 2.05) is 43.3 Å². The van der Waals surface area contributed by atoms with Gasteiger partial charge in [0.1, 0.15) is 11.6 Å². The van der Waals surface area contributed by atoms with Crippen LogP contribution in [0.25, 0.3) is 0 Å². The first-order chi connectivity index (χ1) is 10.2. The average Bonchev–Trinajstić information content (AvgIpc) is 2.47. The highest BCUT2D eigenvalue weighted by molar-refractivity contribution is 5.88. The molecule has 21 heavy (non-hydrogen) atoms. The lowest BCUT2D eigenvalue weighted by atomic mass is 10.1. The number of methoxy groups -OCH3 is 1. The predicted octanol–water partition coefficient (Wildman–Crippen LogP) is 2.76. The molecule has 0 atom stereocenters. The largest absolute Gasteiger partial charge is 0.496 e. The van der Waals surface area contributed by atoms with E-state index in [0.717, 1.165) is 17.0 Å². The molecule has 0 spiro atoms. The molecule has 0 fully saturated rings. The normalized spacial score (nSPS) is 10.0. The summed E-state index contributed by atoms with van der Waals surface area (Å²) in [5.41, 5.74) is 1.93. The van der Waals surface area contributed by atoms with Crippen LogP contribution in [0.1, 0.15) is 11.3 Å². The third-order valence-electron chi connectivity index (χ3n) is 3.00. The lowest BCUT2D eigenvalue weighted by Gasteiger charge is -2.10. The van der Waals surface area contributed by atoms with Crippen molar-refractivity contribution < 1.29 is 9.53 Å². The van der Waals surface area contributed by atoms with Crippen LogP contribution in [0.2, 0.25) is 0 Å². The molecule has 0 aliphatic rings. The molecule has 1 aromatic carbocycles. The fraction of sp³-hybridized carbons (Fsp3) is 0.250. The number of nitrogens with zero attached hydrogens (tertiary/aromatic N) is 1. The maximum absolute atomic E-state index is 11.8. The van der Waals surface area contributed by atoms with Crippen molar-refractivity contribution in [2.24, 2.45) is 0 Å². The van der Waals surface area contributed by atoms with E-state index in [2.05, 4.69) is 15.6 Å². The molecule has 2 rings (SSSR count). The summed E-state index contributed by atoms with van der Waals surface area (Å²) in [5.74, 6) is 1.38. The number of para-hydroxylation sites is 1. The van der Waals surface area contributed by atoms with Crippen molar-refractivity contribution in [2.75, 3.05) is 19.0 Å². The van der Waals surface area contributed by atoms with E-state index < -0.39 is 0 Å². The van der Waals surface area contributed by atoms with Crippen LogP contribution in [0.3, 0.4) is 0 Å².